The van der Waals surface area contributed by atoms with Crippen molar-refractivity contribution in [2.24, 2.45) is 0 Å². The van der Waals surface area contributed by atoms with Crippen molar-refractivity contribution >= 4 is 16.8 Å². The highest BCUT2D eigenvalue weighted by atomic mass is 16.2. The molecule has 0 saturated carbocycles. The van der Waals surface area contributed by atoms with E-state index in [-0.39, 0.29) is 12.5 Å². The lowest BCUT2D eigenvalue weighted by Gasteiger charge is -2.12. The predicted octanol–water partition coefficient (Wildman–Crippen LogP) is 1.69. The van der Waals surface area contributed by atoms with Gasteiger partial charge in [-0.25, -0.2) is 0 Å². The molecule has 0 spiro atoms. The number of likely N-dealkylation sites (N-methyl/N-ethyl adjacent to an activating group) is 1. The first-order valence-electron chi connectivity index (χ1n) is 5.38. The lowest BCUT2D eigenvalue weighted by molar-refractivity contribution is -0.128. The van der Waals surface area contributed by atoms with Crippen LogP contribution in [0.5, 0.6) is 0 Å². The average Bonchev–Trinajstić information content (AvgIpc) is 2.73. The summed E-state index contributed by atoms with van der Waals surface area (Å²) in [5.41, 5.74) is 1.99. The number of benzene rings is 1. The van der Waals surface area contributed by atoms with Crippen LogP contribution in [-0.2, 0) is 11.2 Å². The van der Waals surface area contributed by atoms with Gasteiger partial charge in [0.1, 0.15) is 6.54 Å². The number of aromatic amines is 1. The molecule has 4 heteroatoms. The summed E-state index contributed by atoms with van der Waals surface area (Å²) in [7, 11) is 1.64. The molecule has 0 aliphatic carbocycles. The molecule has 0 unspecified atom stereocenters. The molecule has 0 saturated heterocycles. The van der Waals surface area contributed by atoms with Crippen molar-refractivity contribution in [3.63, 3.8) is 0 Å². The van der Waals surface area contributed by atoms with Crippen LogP contribution in [0.4, 0.5) is 0 Å². The quantitative estimate of drug-likeness (QED) is 0.811. The molecular formula is C13H13N3O. The lowest BCUT2D eigenvalue weighted by atomic mass is 10.1. The van der Waals surface area contributed by atoms with Crippen molar-refractivity contribution in [3.8, 4) is 6.07 Å². The minimum atomic E-state index is -0.0451. The zero-order valence-electron chi connectivity index (χ0n) is 9.60. The molecule has 0 aliphatic heterocycles. The number of amides is 1. The van der Waals surface area contributed by atoms with Crippen LogP contribution in [0.1, 0.15) is 5.56 Å². The molecule has 0 bridgehead atoms. The van der Waals surface area contributed by atoms with Crippen LogP contribution in [-0.4, -0.2) is 29.4 Å². The molecule has 1 aromatic carbocycles. The molecule has 2 aromatic rings. The molecule has 1 heterocycles. The summed E-state index contributed by atoms with van der Waals surface area (Å²) in [6.07, 6.45) is 2.17. The van der Waals surface area contributed by atoms with Crippen LogP contribution in [0.25, 0.3) is 10.9 Å². The summed E-state index contributed by atoms with van der Waals surface area (Å²) in [5.74, 6) is -0.0451. The first-order valence-corrected chi connectivity index (χ1v) is 5.38. The molecule has 1 aromatic heterocycles. The maximum Gasteiger partial charge on any atom is 0.227 e. The van der Waals surface area contributed by atoms with Gasteiger partial charge >= 0.3 is 0 Å². The number of nitrogens with one attached hydrogen (secondary N) is 1. The standard InChI is InChI=1S/C13H13N3O/c1-16(7-6-14)13(17)8-10-9-15-12-5-3-2-4-11(10)12/h2-5,9,15H,7-8H2,1H3. The Morgan fingerprint density at radius 2 is 2.24 bits per heavy atom. The Bertz CT molecular complexity index is 580. The fourth-order valence-electron chi connectivity index (χ4n) is 1.77. The van der Waals surface area contributed by atoms with E-state index in [9.17, 15) is 4.79 Å². The SMILES string of the molecule is CN(CC#N)C(=O)Cc1c[nH]c2ccccc12. The number of aromatic nitrogens is 1. The highest BCUT2D eigenvalue weighted by Crippen LogP contribution is 2.18. The van der Waals surface area contributed by atoms with E-state index < -0.39 is 0 Å². The van der Waals surface area contributed by atoms with E-state index in [1.807, 2.05) is 36.5 Å². The Morgan fingerprint density at radius 1 is 1.47 bits per heavy atom. The van der Waals surface area contributed by atoms with Gasteiger partial charge in [-0.3, -0.25) is 4.79 Å². The molecule has 4 nitrogen and oxygen atoms in total. The van der Waals surface area contributed by atoms with Gasteiger partial charge in [0, 0.05) is 24.1 Å². The normalized spacial score (nSPS) is 10.1. The maximum atomic E-state index is 11.8. The minimum Gasteiger partial charge on any atom is -0.361 e. The van der Waals surface area contributed by atoms with Crippen molar-refractivity contribution in [2.75, 3.05) is 13.6 Å². The third-order valence-electron chi connectivity index (χ3n) is 2.75. The summed E-state index contributed by atoms with van der Waals surface area (Å²) in [6, 6.07) is 9.82. The number of hydrogen-bond donors (Lipinski definition) is 1. The Balaban J connectivity index is 2.19. The molecule has 86 valence electrons. The van der Waals surface area contributed by atoms with Crippen LogP contribution in [0.3, 0.4) is 0 Å². The fraction of sp³-hybridized carbons (Fsp3) is 0.231. The van der Waals surface area contributed by atoms with Gasteiger partial charge in [-0.2, -0.15) is 5.26 Å². The second-order valence-electron chi connectivity index (χ2n) is 3.94. The van der Waals surface area contributed by atoms with E-state index in [4.69, 9.17) is 5.26 Å². The van der Waals surface area contributed by atoms with E-state index in [0.717, 1.165) is 16.5 Å². The maximum absolute atomic E-state index is 11.8. The minimum absolute atomic E-state index is 0.0451. The van der Waals surface area contributed by atoms with E-state index in [1.165, 1.54) is 4.90 Å². The van der Waals surface area contributed by atoms with Crippen LogP contribution >= 0.6 is 0 Å². The van der Waals surface area contributed by atoms with E-state index in [2.05, 4.69) is 4.98 Å². The predicted molar refractivity (Wildman–Crippen MR) is 65.3 cm³/mol. The van der Waals surface area contributed by atoms with Crippen LogP contribution < -0.4 is 0 Å². The van der Waals surface area contributed by atoms with Crippen molar-refractivity contribution < 1.29 is 4.79 Å². The molecule has 17 heavy (non-hydrogen) atoms. The van der Waals surface area contributed by atoms with Crippen LogP contribution in [0.15, 0.2) is 30.5 Å². The summed E-state index contributed by atoms with van der Waals surface area (Å²) in [4.78, 5) is 16.4. The molecule has 1 N–H and O–H groups in total. The van der Waals surface area contributed by atoms with E-state index in [0.29, 0.717) is 6.42 Å². The first-order chi connectivity index (χ1) is 8.22. The lowest BCUT2D eigenvalue weighted by Crippen LogP contribution is -2.28. The first kappa shape index (κ1) is 11.2. The highest BCUT2D eigenvalue weighted by molar-refractivity contribution is 5.88. The van der Waals surface area contributed by atoms with E-state index in [1.54, 1.807) is 7.05 Å². The number of rotatable bonds is 3. The number of hydrogen-bond acceptors (Lipinski definition) is 2. The zero-order valence-corrected chi connectivity index (χ0v) is 9.60. The molecule has 0 fully saturated rings. The second kappa shape index (κ2) is 4.71. The van der Waals surface area contributed by atoms with Crippen molar-refractivity contribution in [1.29, 1.82) is 5.26 Å². The molecule has 0 aliphatic rings. The molecule has 0 atom stereocenters. The fourth-order valence-corrected chi connectivity index (χ4v) is 1.77. The van der Waals surface area contributed by atoms with E-state index >= 15 is 0 Å². The second-order valence-corrected chi connectivity index (χ2v) is 3.94. The summed E-state index contributed by atoms with van der Waals surface area (Å²) >= 11 is 0. The highest BCUT2D eigenvalue weighted by Gasteiger charge is 2.11. The monoisotopic (exact) mass is 227 g/mol. The number of carbonyl (C=O) groups excluding carboxylic acids is 1. The van der Waals surface area contributed by atoms with Crippen LogP contribution in [0.2, 0.25) is 0 Å². The number of nitriles is 1. The molecular weight excluding hydrogens is 214 g/mol. The number of nitrogens with zero attached hydrogens (tertiary/aromatic N) is 2. The summed E-state index contributed by atoms with van der Waals surface area (Å²) in [6.45, 7) is 0.126. The topological polar surface area (TPSA) is 59.9 Å². The molecule has 2 rings (SSSR count). The Hall–Kier alpha value is -2.28. The van der Waals surface area contributed by atoms with Gasteiger partial charge in [0.15, 0.2) is 0 Å². The summed E-state index contributed by atoms with van der Waals surface area (Å²) in [5, 5.41) is 9.59. The Labute approximate surface area is 99.5 Å². The zero-order chi connectivity index (χ0) is 12.3. The van der Waals surface area contributed by atoms with Crippen molar-refractivity contribution in [3.05, 3.63) is 36.0 Å². The van der Waals surface area contributed by atoms with Crippen molar-refractivity contribution in [1.82, 2.24) is 9.88 Å². The van der Waals surface area contributed by atoms with Gasteiger partial charge in [0.25, 0.3) is 0 Å². The Morgan fingerprint density at radius 3 is 3.00 bits per heavy atom. The van der Waals surface area contributed by atoms with Gasteiger partial charge in [-0.05, 0) is 11.6 Å². The largest absolute Gasteiger partial charge is 0.361 e. The summed E-state index contributed by atoms with van der Waals surface area (Å²) < 4.78 is 0. The van der Waals surface area contributed by atoms with Gasteiger partial charge in [0.2, 0.25) is 5.91 Å². The average molecular weight is 227 g/mol. The van der Waals surface area contributed by atoms with Gasteiger partial charge < -0.3 is 9.88 Å². The third kappa shape index (κ3) is 2.28. The van der Waals surface area contributed by atoms with Gasteiger partial charge in [0.05, 0.1) is 12.5 Å². The van der Waals surface area contributed by atoms with Gasteiger partial charge in [-0.1, -0.05) is 18.2 Å². The third-order valence-corrected chi connectivity index (χ3v) is 2.75. The smallest absolute Gasteiger partial charge is 0.227 e. The van der Waals surface area contributed by atoms with Gasteiger partial charge in [-0.15, -0.1) is 0 Å². The van der Waals surface area contributed by atoms with Crippen molar-refractivity contribution in [2.45, 2.75) is 6.42 Å². The number of carbonyl (C=O) groups is 1. The number of fused-ring (bicyclic) bond motifs is 1. The number of para-hydroxylation sites is 1. The van der Waals surface area contributed by atoms with Crippen LogP contribution in [0, 0.1) is 11.3 Å². The number of H-pyrrole nitrogens is 1. The Kier molecular flexibility index (Phi) is 3.10. The molecule has 0 radical (unpaired) electrons. The molecule has 1 amide bonds.